The van der Waals surface area contributed by atoms with Crippen LogP contribution >= 0.6 is 11.8 Å². The Bertz CT molecular complexity index is 1060. The lowest BCUT2D eigenvalue weighted by Crippen LogP contribution is -2.29. The highest BCUT2D eigenvalue weighted by Crippen LogP contribution is 2.32. The minimum atomic E-state index is -0.225. The van der Waals surface area contributed by atoms with E-state index in [1.54, 1.807) is 40.7 Å². The summed E-state index contributed by atoms with van der Waals surface area (Å²) >= 11 is 1.50. The fourth-order valence-electron chi connectivity index (χ4n) is 2.88. The fourth-order valence-corrected chi connectivity index (χ4v) is 4.06. The zero-order chi connectivity index (χ0) is 19.0. The Hall–Kier alpha value is -3.01. The number of anilines is 1. The third kappa shape index (κ3) is 3.35. The number of thioether (sulfide) groups is 1. The molecule has 0 fully saturated rings. The van der Waals surface area contributed by atoms with Crippen LogP contribution in [0.1, 0.15) is 23.7 Å². The van der Waals surface area contributed by atoms with Gasteiger partial charge in [0.25, 0.3) is 5.56 Å². The van der Waals surface area contributed by atoms with Crippen LogP contribution in [0.5, 0.6) is 0 Å². The maximum Gasteiger partial charge on any atom is 0.257 e. The lowest BCUT2D eigenvalue weighted by molar-refractivity contribution is -0.116. The topological polar surface area (TPSA) is 108 Å². The number of rotatable bonds is 4. The van der Waals surface area contributed by atoms with Crippen molar-refractivity contribution in [1.82, 2.24) is 29.3 Å². The molecule has 1 atom stereocenters. The predicted molar refractivity (Wildman–Crippen MR) is 100 cm³/mol. The number of nitrogens with one attached hydrogen (secondary N) is 1. The summed E-state index contributed by atoms with van der Waals surface area (Å²) in [7, 11) is 0. The number of carbonyl (C=O) groups is 1. The van der Waals surface area contributed by atoms with Crippen LogP contribution in [-0.2, 0) is 4.79 Å². The van der Waals surface area contributed by atoms with Gasteiger partial charge in [-0.05, 0) is 19.9 Å². The summed E-state index contributed by atoms with van der Waals surface area (Å²) in [4.78, 5) is 37.7. The third-order valence-corrected chi connectivity index (χ3v) is 5.50. The molecule has 0 radical (unpaired) electrons. The van der Waals surface area contributed by atoms with E-state index in [-0.39, 0.29) is 23.9 Å². The molecule has 1 unspecified atom stereocenters. The van der Waals surface area contributed by atoms with Crippen LogP contribution in [0.15, 0.2) is 40.8 Å². The van der Waals surface area contributed by atoms with Gasteiger partial charge in [-0.1, -0.05) is 11.8 Å². The smallest absolute Gasteiger partial charge is 0.257 e. The van der Waals surface area contributed by atoms with E-state index in [9.17, 15) is 9.59 Å². The van der Waals surface area contributed by atoms with Crippen molar-refractivity contribution in [3.8, 4) is 5.82 Å². The highest BCUT2D eigenvalue weighted by atomic mass is 32.2. The molecule has 0 saturated heterocycles. The summed E-state index contributed by atoms with van der Waals surface area (Å²) in [5.74, 6) is 1.36. The van der Waals surface area contributed by atoms with E-state index in [1.165, 1.54) is 18.1 Å². The van der Waals surface area contributed by atoms with Gasteiger partial charge >= 0.3 is 0 Å². The molecule has 10 heteroatoms. The second kappa shape index (κ2) is 6.95. The van der Waals surface area contributed by atoms with Crippen LogP contribution in [0.2, 0.25) is 0 Å². The van der Waals surface area contributed by atoms with Gasteiger partial charge in [-0.3, -0.25) is 14.2 Å². The SMILES string of the molecule is Cc1nc2n(c(=O)c1C)C(CC(=O)Nc1cc(-n3cccn3)ncn1)CS2. The van der Waals surface area contributed by atoms with E-state index >= 15 is 0 Å². The normalized spacial score (nSPS) is 15.6. The highest BCUT2D eigenvalue weighted by Gasteiger charge is 2.28. The molecular formula is C17H17N7O2S. The van der Waals surface area contributed by atoms with Gasteiger partial charge in [0.05, 0.1) is 6.04 Å². The van der Waals surface area contributed by atoms with Crippen molar-refractivity contribution in [1.29, 1.82) is 0 Å². The Morgan fingerprint density at radius 2 is 2.22 bits per heavy atom. The molecule has 3 aromatic rings. The fraction of sp³-hybridized carbons (Fsp3) is 0.294. The standard InChI is InChI=1S/C17H17N7O2S/c1-10-11(2)21-17-24(16(10)26)12(8-27-17)6-15(25)22-13-7-14(19-9-18-13)23-5-3-4-20-23/h3-5,7,9,12H,6,8H2,1-2H3,(H,18,19,22,25). The van der Waals surface area contributed by atoms with Crippen molar-refractivity contribution in [2.45, 2.75) is 31.5 Å². The number of aromatic nitrogens is 6. The van der Waals surface area contributed by atoms with Crippen molar-refractivity contribution in [2.24, 2.45) is 0 Å². The van der Waals surface area contributed by atoms with E-state index in [0.29, 0.717) is 28.1 Å². The zero-order valence-electron chi connectivity index (χ0n) is 14.8. The summed E-state index contributed by atoms with van der Waals surface area (Å²) in [5, 5.41) is 7.55. The second-order valence-corrected chi connectivity index (χ2v) is 7.20. The predicted octanol–water partition coefficient (Wildman–Crippen LogP) is 1.51. The first-order valence-corrected chi connectivity index (χ1v) is 9.36. The number of nitrogens with zero attached hydrogens (tertiary/aromatic N) is 6. The minimum absolute atomic E-state index is 0.0803. The number of hydrogen-bond donors (Lipinski definition) is 1. The lowest BCUT2D eigenvalue weighted by Gasteiger charge is -2.14. The molecule has 1 amide bonds. The molecule has 0 spiro atoms. The largest absolute Gasteiger partial charge is 0.310 e. The molecule has 138 valence electrons. The molecule has 1 N–H and O–H groups in total. The summed E-state index contributed by atoms with van der Waals surface area (Å²) < 4.78 is 3.21. The van der Waals surface area contributed by atoms with Crippen LogP contribution in [0.4, 0.5) is 5.82 Å². The molecule has 9 nitrogen and oxygen atoms in total. The highest BCUT2D eigenvalue weighted by molar-refractivity contribution is 7.99. The Morgan fingerprint density at radius 1 is 1.37 bits per heavy atom. The number of carbonyl (C=O) groups excluding carboxylic acids is 1. The number of amides is 1. The van der Waals surface area contributed by atoms with E-state index in [0.717, 1.165) is 5.69 Å². The molecule has 0 aliphatic carbocycles. The van der Waals surface area contributed by atoms with Gasteiger partial charge in [0, 0.05) is 41.9 Å². The molecule has 1 aliphatic rings. The summed E-state index contributed by atoms with van der Waals surface area (Å²) in [6.07, 6.45) is 4.94. The van der Waals surface area contributed by atoms with Crippen molar-refractivity contribution >= 4 is 23.5 Å². The van der Waals surface area contributed by atoms with E-state index in [4.69, 9.17) is 0 Å². The Balaban J connectivity index is 1.50. The molecule has 0 saturated carbocycles. The summed E-state index contributed by atoms with van der Waals surface area (Å²) in [5.41, 5.74) is 1.27. The Kier molecular flexibility index (Phi) is 4.48. The van der Waals surface area contributed by atoms with Crippen LogP contribution in [0.25, 0.3) is 5.82 Å². The molecule has 27 heavy (non-hydrogen) atoms. The van der Waals surface area contributed by atoms with Gasteiger partial charge in [-0.25, -0.2) is 19.6 Å². The first-order valence-electron chi connectivity index (χ1n) is 8.37. The monoisotopic (exact) mass is 383 g/mol. The van der Waals surface area contributed by atoms with Gasteiger partial charge in [-0.2, -0.15) is 5.10 Å². The molecule has 4 heterocycles. The maximum absolute atomic E-state index is 12.6. The summed E-state index contributed by atoms with van der Waals surface area (Å²) in [6, 6.07) is 3.20. The quantitative estimate of drug-likeness (QED) is 0.680. The molecule has 3 aromatic heterocycles. The van der Waals surface area contributed by atoms with Gasteiger partial charge < -0.3 is 5.32 Å². The molecule has 4 rings (SSSR count). The molecule has 1 aliphatic heterocycles. The van der Waals surface area contributed by atoms with Crippen LogP contribution in [-0.4, -0.2) is 41.0 Å². The third-order valence-electron chi connectivity index (χ3n) is 4.40. The van der Waals surface area contributed by atoms with E-state index < -0.39 is 0 Å². The van der Waals surface area contributed by atoms with Gasteiger partial charge in [0.1, 0.15) is 12.1 Å². The van der Waals surface area contributed by atoms with E-state index in [1.807, 2.05) is 6.92 Å². The first kappa shape index (κ1) is 17.4. The van der Waals surface area contributed by atoms with Crippen molar-refractivity contribution in [2.75, 3.05) is 11.1 Å². The van der Waals surface area contributed by atoms with Crippen LogP contribution in [0.3, 0.4) is 0 Å². The summed E-state index contributed by atoms with van der Waals surface area (Å²) in [6.45, 7) is 3.58. The average molecular weight is 383 g/mol. The minimum Gasteiger partial charge on any atom is -0.310 e. The molecular weight excluding hydrogens is 366 g/mol. The lowest BCUT2D eigenvalue weighted by atomic mass is 10.2. The van der Waals surface area contributed by atoms with Gasteiger partial charge in [0.15, 0.2) is 11.0 Å². The molecule has 0 bridgehead atoms. The zero-order valence-corrected chi connectivity index (χ0v) is 15.6. The Morgan fingerprint density at radius 3 is 3.00 bits per heavy atom. The van der Waals surface area contributed by atoms with E-state index in [2.05, 4.69) is 25.4 Å². The number of hydrogen-bond acceptors (Lipinski definition) is 7. The maximum atomic E-state index is 12.6. The van der Waals surface area contributed by atoms with Gasteiger partial charge in [-0.15, -0.1) is 0 Å². The van der Waals surface area contributed by atoms with Crippen LogP contribution < -0.4 is 10.9 Å². The first-order chi connectivity index (χ1) is 13.0. The Labute approximate surface area is 158 Å². The van der Waals surface area contributed by atoms with Crippen molar-refractivity contribution in [3.63, 3.8) is 0 Å². The van der Waals surface area contributed by atoms with Crippen molar-refractivity contribution in [3.05, 3.63) is 52.5 Å². The second-order valence-electron chi connectivity index (χ2n) is 6.21. The number of fused-ring (bicyclic) bond motifs is 1. The number of aryl methyl sites for hydroxylation is 1. The molecule has 0 aromatic carbocycles. The van der Waals surface area contributed by atoms with Gasteiger partial charge in [0.2, 0.25) is 5.91 Å². The van der Waals surface area contributed by atoms with Crippen LogP contribution in [0, 0.1) is 13.8 Å². The van der Waals surface area contributed by atoms with Crippen molar-refractivity contribution < 1.29 is 4.79 Å². The average Bonchev–Trinajstić information content (AvgIpc) is 3.30.